The van der Waals surface area contributed by atoms with Crippen LogP contribution in [0.4, 0.5) is 0 Å². The first-order chi connectivity index (χ1) is 24.7. The minimum Gasteiger partial charge on any atom is -0.456 e. The molecule has 0 unspecified atom stereocenters. The van der Waals surface area contributed by atoms with Crippen molar-refractivity contribution in [2.75, 3.05) is 0 Å². The Morgan fingerprint density at radius 3 is 1.68 bits per heavy atom. The van der Waals surface area contributed by atoms with Crippen LogP contribution < -0.4 is 0 Å². The molecular weight excluding hydrogens is 613 g/mol. The second-order valence-electron chi connectivity index (χ2n) is 12.6. The van der Waals surface area contributed by atoms with Crippen LogP contribution in [0.2, 0.25) is 0 Å². The Bertz CT molecular complexity index is 2870. The highest BCUT2D eigenvalue weighted by atomic mass is 16.3. The predicted molar refractivity (Wildman–Crippen MR) is 204 cm³/mol. The Labute approximate surface area is 287 Å². The van der Waals surface area contributed by atoms with Gasteiger partial charge in [0.15, 0.2) is 5.82 Å². The van der Waals surface area contributed by atoms with Gasteiger partial charge in [0, 0.05) is 38.2 Å². The summed E-state index contributed by atoms with van der Waals surface area (Å²) in [4.78, 5) is 10.4. The topological polar surface area (TPSA) is 52.1 Å². The summed E-state index contributed by atoms with van der Waals surface area (Å²) in [6.07, 6.45) is 0. The van der Waals surface area contributed by atoms with E-state index in [2.05, 4.69) is 115 Å². The average Bonchev–Trinajstić information content (AvgIpc) is 3.76. The van der Waals surface area contributed by atoms with Crippen LogP contribution in [0.3, 0.4) is 0 Å². The molecule has 50 heavy (non-hydrogen) atoms. The second kappa shape index (κ2) is 11.4. The molecule has 0 fully saturated rings. The molecule has 0 bridgehead atoms. The number of furan rings is 2. The Balaban J connectivity index is 1.21. The number of fused-ring (bicyclic) bond motifs is 6. The summed E-state index contributed by atoms with van der Waals surface area (Å²) in [7, 11) is 0. The first kappa shape index (κ1) is 28.3. The van der Waals surface area contributed by atoms with E-state index < -0.39 is 0 Å². The lowest BCUT2D eigenvalue weighted by Gasteiger charge is -2.13. The van der Waals surface area contributed by atoms with Gasteiger partial charge < -0.3 is 8.83 Å². The zero-order valence-electron chi connectivity index (χ0n) is 26.9. The highest BCUT2D eigenvalue weighted by Crippen LogP contribution is 2.39. The maximum absolute atomic E-state index is 6.47. The summed E-state index contributed by atoms with van der Waals surface area (Å²) in [5, 5.41) is 4.36. The lowest BCUT2D eigenvalue weighted by atomic mass is 9.94. The van der Waals surface area contributed by atoms with Gasteiger partial charge in [0.05, 0.1) is 11.4 Å². The summed E-state index contributed by atoms with van der Waals surface area (Å²) in [5.74, 6) is 0.657. The zero-order valence-corrected chi connectivity index (χ0v) is 26.9. The number of benzene rings is 7. The molecular formula is C46H28N2O2. The largest absolute Gasteiger partial charge is 0.456 e. The van der Waals surface area contributed by atoms with Gasteiger partial charge in [-0.15, -0.1) is 0 Å². The number of hydrogen-bond donors (Lipinski definition) is 0. The fourth-order valence-electron chi connectivity index (χ4n) is 7.04. The van der Waals surface area contributed by atoms with E-state index in [0.29, 0.717) is 5.82 Å². The van der Waals surface area contributed by atoms with Crippen molar-refractivity contribution < 1.29 is 8.83 Å². The SMILES string of the molecule is c1ccc(-c2cc(-c3ccc4oc5ccccc5c4c3)cc(-c3cc(-c4cccc5c4oc4ccccc45)nc(-c4ccccc4)n3)c2)cc1. The quantitative estimate of drug-likeness (QED) is 0.188. The molecule has 0 N–H and O–H groups in total. The van der Waals surface area contributed by atoms with Gasteiger partial charge in [0.25, 0.3) is 0 Å². The highest BCUT2D eigenvalue weighted by molar-refractivity contribution is 6.09. The maximum atomic E-state index is 6.47. The third kappa shape index (κ3) is 4.77. The van der Waals surface area contributed by atoms with Crippen LogP contribution in [0.15, 0.2) is 179 Å². The molecule has 0 amide bonds. The minimum atomic E-state index is 0.657. The first-order valence-corrected chi connectivity index (χ1v) is 16.7. The molecule has 0 saturated carbocycles. The normalized spacial score (nSPS) is 11.6. The molecule has 0 aliphatic rings. The lowest BCUT2D eigenvalue weighted by Crippen LogP contribution is -1.97. The van der Waals surface area contributed by atoms with Gasteiger partial charge in [-0.2, -0.15) is 0 Å². The van der Waals surface area contributed by atoms with Crippen LogP contribution in [0, 0.1) is 0 Å². The number of nitrogens with zero attached hydrogens (tertiary/aromatic N) is 2. The fourth-order valence-corrected chi connectivity index (χ4v) is 7.04. The van der Waals surface area contributed by atoms with E-state index in [4.69, 9.17) is 18.8 Å². The number of para-hydroxylation sites is 3. The fraction of sp³-hybridized carbons (Fsp3) is 0. The van der Waals surface area contributed by atoms with E-state index in [9.17, 15) is 0 Å². The summed E-state index contributed by atoms with van der Waals surface area (Å²) in [5.41, 5.74) is 12.4. The third-order valence-electron chi connectivity index (χ3n) is 9.48. The van der Waals surface area contributed by atoms with E-state index in [1.165, 1.54) is 0 Å². The van der Waals surface area contributed by atoms with Crippen LogP contribution in [-0.4, -0.2) is 9.97 Å². The molecule has 10 aromatic rings. The van der Waals surface area contributed by atoms with Crippen molar-refractivity contribution in [1.29, 1.82) is 0 Å². The number of rotatable bonds is 5. The van der Waals surface area contributed by atoms with Crippen LogP contribution >= 0.6 is 0 Å². The Morgan fingerprint density at radius 1 is 0.320 bits per heavy atom. The van der Waals surface area contributed by atoms with Crippen LogP contribution in [0.25, 0.3) is 100 Å². The van der Waals surface area contributed by atoms with Crippen molar-refractivity contribution in [3.63, 3.8) is 0 Å². The molecule has 4 nitrogen and oxygen atoms in total. The summed E-state index contributed by atoms with van der Waals surface area (Å²) in [6, 6.07) is 58.6. The van der Waals surface area contributed by atoms with E-state index in [1.54, 1.807) is 0 Å². The summed E-state index contributed by atoms with van der Waals surface area (Å²) >= 11 is 0. The van der Waals surface area contributed by atoms with Crippen molar-refractivity contribution in [2.24, 2.45) is 0 Å². The molecule has 4 heteroatoms. The number of hydrogen-bond acceptors (Lipinski definition) is 4. The summed E-state index contributed by atoms with van der Waals surface area (Å²) < 4.78 is 12.6. The Kier molecular flexibility index (Phi) is 6.46. The van der Waals surface area contributed by atoms with Crippen molar-refractivity contribution in [1.82, 2.24) is 9.97 Å². The molecule has 7 aromatic carbocycles. The number of aromatic nitrogens is 2. The maximum Gasteiger partial charge on any atom is 0.160 e. The van der Waals surface area contributed by atoms with Crippen molar-refractivity contribution >= 4 is 43.9 Å². The molecule has 0 spiro atoms. The van der Waals surface area contributed by atoms with Gasteiger partial charge in [0.1, 0.15) is 22.3 Å². The van der Waals surface area contributed by atoms with Gasteiger partial charge in [-0.25, -0.2) is 9.97 Å². The first-order valence-electron chi connectivity index (χ1n) is 16.7. The molecule has 0 saturated heterocycles. The molecule has 0 aliphatic carbocycles. The summed E-state index contributed by atoms with van der Waals surface area (Å²) in [6.45, 7) is 0. The molecule has 234 valence electrons. The Morgan fingerprint density at radius 2 is 0.900 bits per heavy atom. The third-order valence-corrected chi connectivity index (χ3v) is 9.48. The van der Waals surface area contributed by atoms with Gasteiger partial charge >= 0.3 is 0 Å². The van der Waals surface area contributed by atoms with Gasteiger partial charge in [-0.3, -0.25) is 0 Å². The molecule has 0 aliphatic heterocycles. The average molecular weight is 641 g/mol. The lowest BCUT2D eigenvalue weighted by molar-refractivity contribution is 0.669. The van der Waals surface area contributed by atoms with Gasteiger partial charge in [-0.05, 0) is 76.9 Å². The van der Waals surface area contributed by atoms with Crippen molar-refractivity contribution in [3.05, 3.63) is 170 Å². The van der Waals surface area contributed by atoms with Gasteiger partial charge in [-0.1, -0.05) is 115 Å². The highest BCUT2D eigenvalue weighted by Gasteiger charge is 2.18. The van der Waals surface area contributed by atoms with Crippen LogP contribution in [-0.2, 0) is 0 Å². The molecule has 0 radical (unpaired) electrons. The van der Waals surface area contributed by atoms with E-state index in [0.717, 1.165) is 94.2 Å². The standard InChI is InChI=1S/C46H28N2O2/c1-3-12-29(13-4-1)32-24-33(31-22-23-44-39(27-31)36-17-8-9-20-42(36)49-44)26-34(25-32)40-28-41(48-46(47-40)30-14-5-2-6-15-30)38-19-11-18-37-35-16-7-10-21-43(35)50-45(37)38/h1-28H. The van der Waals surface area contributed by atoms with E-state index in [1.807, 2.05) is 54.6 Å². The predicted octanol–water partition coefficient (Wildman–Crippen LogP) is 12.6. The van der Waals surface area contributed by atoms with Crippen LogP contribution in [0.1, 0.15) is 0 Å². The molecule has 0 atom stereocenters. The molecule has 10 rings (SSSR count). The van der Waals surface area contributed by atoms with Gasteiger partial charge in [0.2, 0.25) is 0 Å². The van der Waals surface area contributed by atoms with Crippen molar-refractivity contribution in [2.45, 2.75) is 0 Å². The van der Waals surface area contributed by atoms with E-state index in [-0.39, 0.29) is 0 Å². The second-order valence-corrected chi connectivity index (χ2v) is 12.6. The molecule has 3 aromatic heterocycles. The smallest absolute Gasteiger partial charge is 0.160 e. The van der Waals surface area contributed by atoms with Crippen molar-refractivity contribution in [3.8, 4) is 56.2 Å². The Hall–Kier alpha value is -6.78. The zero-order chi connectivity index (χ0) is 33.0. The minimum absolute atomic E-state index is 0.657. The van der Waals surface area contributed by atoms with E-state index >= 15 is 0 Å². The molecule has 3 heterocycles. The van der Waals surface area contributed by atoms with Crippen LogP contribution in [0.5, 0.6) is 0 Å². The monoisotopic (exact) mass is 640 g/mol.